The third-order valence-electron chi connectivity index (χ3n) is 6.87. The Hall–Kier alpha value is -3.88. The van der Waals surface area contributed by atoms with Gasteiger partial charge in [-0.25, -0.2) is 4.68 Å². The number of para-hydroxylation sites is 2. The van der Waals surface area contributed by atoms with E-state index in [0.29, 0.717) is 35.5 Å². The number of rotatable bonds is 10. The van der Waals surface area contributed by atoms with Gasteiger partial charge in [-0.05, 0) is 71.1 Å². The first-order chi connectivity index (χ1) is 18.7. The van der Waals surface area contributed by atoms with E-state index >= 15 is 0 Å². The summed E-state index contributed by atoms with van der Waals surface area (Å²) in [7, 11) is 3.10. The van der Waals surface area contributed by atoms with Gasteiger partial charge in [-0.3, -0.25) is 9.59 Å². The second-order valence-corrected chi connectivity index (χ2v) is 10.9. The molecule has 39 heavy (non-hydrogen) atoms. The number of allylic oxidation sites excluding steroid dienone is 1. The molecule has 0 fully saturated rings. The minimum Gasteiger partial charge on any atom is -0.493 e. The molecule has 9 heteroatoms. The molecule has 0 saturated heterocycles. The maximum Gasteiger partial charge on any atom is 0.247 e. The van der Waals surface area contributed by atoms with Gasteiger partial charge in [-0.2, -0.15) is 0 Å². The van der Waals surface area contributed by atoms with Crippen LogP contribution >= 0.6 is 0 Å². The van der Waals surface area contributed by atoms with Crippen molar-refractivity contribution in [3.63, 3.8) is 0 Å². The number of carbonyl (C=O) groups excluding carboxylic acids is 2. The molecule has 0 radical (unpaired) electrons. The van der Waals surface area contributed by atoms with Crippen molar-refractivity contribution in [3.8, 4) is 11.5 Å². The molecule has 2 amide bonds. The average Bonchev–Trinajstić information content (AvgIpc) is 3.32. The van der Waals surface area contributed by atoms with Gasteiger partial charge in [-0.15, -0.1) is 5.10 Å². The highest BCUT2D eigenvalue weighted by atomic mass is 16.5. The lowest BCUT2D eigenvalue weighted by Gasteiger charge is -2.35. The monoisotopic (exact) mass is 533 g/mol. The van der Waals surface area contributed by atoms with Crippen molar-refractivity contribution in [2.45, 2.75) is 71.0 Å². The second-order valence-electron chi connectivity index (χ2n) is 10.9. The van der Waals surface area contributed by atoms with Gasteiger partial charge in [0, 0.05) is 17.6 Å². The Morgan fingerprint density at radius 2 is 1.87 bits per heavy atom. The van der Waals surface area contributed by atoms with Crippen LogP contribution in [-0.2, 0) is 16.1 Å². The van der Waals surface area contributed by atoms with E-state index in [0.717, 1.165) is 24.8 Å². The lowest BCUT2D eigenvalue weighted by atomic mass is 9.95. The molecule has 0 aliphatic heterocycles. The Bertz CT molecular complexity index is 1340. The van der Waals surface area contributed by atoms with Crippen LogP contribution in [0, 0.1) is 0 Å². The van der Waals surface area contributed by atoms with Crippen LogP contribution in [-0.4, -0.2) is 58.0 Å². The molecule has 0 saturated carbocycles. The normalized spacial score (nSPS) is 14.4. The summed E-state index contributed by atoms with van der Waals surface area (Å²) in [6.07, 6.45) is 7.34. The average molecular weight is 534 g/mol. The SMILES string of the molecule is COc1cccc([C@H](C(=O)NC(C)(C)C)N(CCC2=CCCCC2)C(=O)Cn2nnc3ccccc32)c1OC. The Morgan fingerprint density at radius 3 is 2.56 bits per heavy atom. The zero-order chi connectivity index (χ0) is 28.0. The molecule has 9 nitrogen and oxygen atoms in total. The standard InChI is InChI=1S/C30H39N5O4/c1-30(2,3)31-29(37)27(22-14-11-17-25(38-4)28(22)39-5)34(19-18-21-12-7-6-8-13-21)26(36)20-35-24-16-10-9-15-23(24)32-33-35/h9-12,14-17,27H,6-8,13,18-20H2,1-5H3,(H,31,37)/t27-/m1/s1. The largest absolute Gasteiger partial charge is 0.493 e. The van der Waals surface area contributed by atoms with Crippen LogP contribution in [0.1, 0.15) is 64.5 Å². The van der Waals surface area contributed by atoms with Crippen LogP contribution in [0.4, 0.5) is 0 Å². The van der Waals surface area contributed by atoms with Gasteiger partial charge in [-0.1, -0.05) is 41.1 Å². The first kappa shape index (κ1) is 28.1. The first-order valence-electron chi connectivity index (χ1n) is 13.5. The van der Waals surface area contributed by atoms with Crippen LogP contribution in [0.15, 0.2) is 54.1 Å². The zero-order valence-corrected chi connectivity index (χ0v) is 23.6. The van der Waals surface area contributed by atoms with Crippen LogP contribution in [0.2, 0.25) is 0 Å². The van der Waals surface area contributed by atoms with Gasteiger partial charge in [0.25, 0.3) is 0 Å². The van der Waals surface area contributed by atoms with E-state index in [2.05, 4.69) is 21.7 Å². The van der Waals surface area contributed by atoms with Gasteiger partial charge < -0.3 is 19.7 Å². The van der Waals surface area contributed by atoms with Gasteiger partial charge in [0.2, 0.25) is 11.8 Å². The lowest BCUT2D eigenvalue weighted by Crippen LogP contribution is -2.50. The van der Waals surface area contributed by atoms with Crippen molar-refractivity contribution in [2.75, 3.05) is 20.8 Å². The van der Waals surface area contributed by atoms with Crippen molar-refractivity contribution in [2.24, 2.45) is 0 Å². The molecule has 0 bridgehead atoms. The summed E-state index contributed by atoms with van der Waals surface area (Å²) in [6, 6.07) is 12.0. The Balaban J connectivity index is 1.78. The van der Waals surface area contributed by atoms with E-state index in [-0.39, 0.29) is 18.4 Å². The van der Waals surface area contributed by atoms with Crippen LogP contribution in [0.25, 0.3) is 11.0 Å². The molecule has 0 spiro atoms. The fraction of sp³-hybridized carbons (Fsp3) is 0.467. The van der Waals surface area contributed by atoms with Crippen LogP contribution < -0.4 is 14.8 Å². The number of hydrogen-bond donors (Lipinski definition) is 1. The topological polar surface area (TPSA) is 98.6 Å². The van der Waals surface area contributed by atoms with E-state index in [1.54, 1.807) is 29.9 Å². The first-order valence-corrected chi connectivity index (χ1v) is 13.5. The molecular weight excluding hydrogens is 494 g/mol. The van der Waals surface area contributed by atoms with E-state index in [1.165, 1.54) is 12.0 Å². The van der Waals surface area contributed by atoms with Gasteiger partial charge in [0.05, 0.1) is 19.7 Å². The molecule has 0 unspecified atom stereocenters. The molecular formula is C30H39N5O4. The molecule has 1 aliphatic carbocycles. The van der Waals surface area contributed by atoms with E-state index < -0.39 is 11.6 Å². The fourth-order valence-electron chi connectivity index (χ4n) is 5.06. The summed E-state index contributed by atoms with van der Waals surface area (Å²) in [5.41, 5.74) is 2.84. The predicted octanol–water partition coefficient (Wildman–Crippen LogP) is 4.82. The van der Waals surface area contributed by atoms with Gasteiger partial charge >= 0.3 is 0 Å². The maximum absolute atomic E-state index is 14.1. The smallest absolute Gasteiger partial charge is 0.247 e. The molecule has 4 rings (SSSR count). The van der Waals surface area contributed by atoms with Crippen molar-refractivity contribution >= 4 is 22.8 Å². The number of hydrogen-bond acceptors (Lipinski definition) is 6. The molecule has 208 valence electrons. The fourth-order valence-corrected chi connectivity index (χ4v) is 5.06. The third-order valence-corrected chi connectivity index (χ3v) is 6.87. The summed E-state index contributed by atoms with van der Waals surface area (Å²) in [6.45, 7) is 6.09. The minimum atomic E-state index is -0.944. The Morgan fingerprint density at radius 1 is 1.08 bits per heavy atom. The highest BCUT2D eigenvalue weighted by molar-refractivity contribution is 5.90. The molecule has 1 aromatic heterocycles. The van der Waals surface area contributed by atoms with Crippen molar-refractivity contribution in [1.82, 2.24) is 25.2 Å². The third kappa shape index (κ3) is 6.77. The zero-order valence-electron chi connectivity index (χ0n) is 23.6. The van der Waals surface area contributed by atoms with Gasteiger partial charge in [0.15, 0.2) is 11.5 Å². The van der Waals surface area contributed by atoms with Crippen molar-refractivity contribution < 1.29 is 19.1 Å². The van der Waals surface area contributed by atoms with Crippen molar-refractivity contribution in [1.29, 1.82) is 0 Å². The highest BCUT2D eigenvalue weighted by Crippen LogP contribution is 2.38. The number of ether oxygens (including phenoxy) is 2. The molecule has 3 aromatic rings. The maximum atomic E-state index is 14.1. The number of methoxy groups -OCH3 is 2. The number of nitrogens with zero attached hydrogens (tertiary/aromatic N) is 4. The van der Waals surface area contributed by atoms with Crippen LogP contribution in [0.3, 0.4) is 0 Å². The molecule has 1 heterocycles. The Kier molecular flexibility index (Phi) is 8.89. The highest BCUT2D eigenvalue weighted by Gasteiger charge is 2.36. The van der Waals surface area contributed by atoms with Gasteiger partial charge in [0.1, 0.15) is 18.1 Å². The number of aromatic nitrogens is 3. The summed E-state index contributed by atoms with van der Waals surface area (Å²) >= 11 is 0. The molecule has 2 aromatic carbocycles. The summed E-state index contributed by atoms with van der Waals surface area (Å²) in [5, 5.41) is 11.5. The summed E-state index contributed by atoms with van der Waals surface area (Å²) < 4.78 is 12.9. The minimum absolute atomic E-state index is 0.0505. The van der Waals surface area contributed by atoms with Crippen molar-refractivity contribution in [3.05, 3.63) is 59.7 Å². The van der Waals surface area contributed by atoms with E-state index in [1.807, 2.05) is 57.2 Å². The lowest BCUT2D eigenvalue weighted by molar-refractivity contribution is -0.142. The Labute approximate surface area is 230 Å². The molecule has 1 atom stereocenters. The number of fused-ring (bicyclic) bond motifs is 1. The molecule has 1 N–H and O–H groups in total. The van der Waals surface area contributed by atoms with E-state index in [9.17, 15) is 9.59 Å². The number of benzene rings is 2. The van der Waals surface area contributed by atoms with E-state index in [4.69, 9.17) is 9.47 Å². The molecule has 1 aliphatic rings. The number of carbonyl (C=O) groups is 2. The number of amides is 2. The summed E-state index contributed by atoms with van der Waals surface area (Å²) in [5.74, 6) is 0.396. The second kappa shape index (κ2) is 12.3. The summed E-state index contributed by atoms with van der Waals surface area (Å²) in [4.78, 5) is 29.8. The van der Waals surface area contributed by atoms with Crippen LogP contribution in [0.5, 0.6) is 11.5 Å². The predicted molar refractivity (Wildman–Crippen MR) is 151 cm³/mol. The number of nitrogens with one attached hydrogen (secondary N) is 1. The quantitative estimate of drug-likeness (QED) is 0.375.